The van der Waals surface area contributed by atoms with Gasteiger partial charge >= 0.3 is 0 Å². The van der Waals surface area contributed by atoms with Crippen LogP contribution in [-0.4, -0.2) is 25.8 Å². The van der Waals surface area contributed by atoms with Gasteiger partial charge in [0.15, 0.2) is 0 Å². The zero-order valence-corrected chi connectivity index (χ0v) is 20.5. The molecule has 0 aromatic heterocycles. The summed E-state index contributed by atoms with van der Waals surface area (Å²) in [6, 6.07) is 29.7. The Hall–Kier alpha value is -4.15. The first-order chi connectivity index (χ1) is 17.4. The number of nitrogens with one attached hydrogen (secondary N) is 1. The van der Waals surface area contributed by atoms with Crippen molar-refractivity contribution in [3.63, 3.8) is 0 Å². The molecular formula is C26H21N3O5S2. The number of carbonyl (C=O) groups is 1. The summed E-state index contributed by atoms with van der Waals surface area (Å²) in [6.45, 7) is -0.660. The topological polar surface area (TPSA) is 110 Å². The monoisotopic (exact) mass is 519 g/mol. The molecule has 0 aliphatic rings. The molecule has 4 aromatic rings. The molecule has 0 aliphatic heterocycles. The van der Waals surface area contributed by atoms with Crippen LogP contribution in [0, 0.1) is 10.1 Å². The Bertz CT molecular complexity index is 1480. The van der Waals surface area contributed by atoms with Gasteiger partial charge in [-0.3, -0.25) is 14.9 Å². The molecule has 0 atom stereocenters. The lowest BCUT2D eigenvalue weighted by molar-refractivity contribution is -0.384. The molecule has 0 heterocycles. The molecule has 4 rings (SSSR count). The summed E-state index contributed by atoms with van der Waals surface area (Å²) in [7, 11) is -4.29. The van der Waals surface area contributed by atoms with Crippen LogP contribution in [0.15, 0.2) is 124 Å². The summed E-state index contributed by atoms with van der Waals surface area (Å²) in [4.78, 5) is 25.8. The van der Waals surface area contributed by atoms with E-state index in [4.69, 9.17) is 0 Å². The van der Waals surface area contributed by atoms with Gasteiger partial charge in [-0.15, -0.1) is 0 Å². The van der Waals surface area contributed by atoms with Crippen molar-refractivity contribution in [3.05, 3.63) is 119 Å². The highest BCUT2D eigenvalue weighted by molar-refractivity contribution is 7.99. The number of hydrogen-bond donors (Lipinski definition) is 1. The fourth-order valence-electron chi connectivity index (χ4n) is 3.44. The number of hydrogen-bond acceptors (Lipinski definition) is 6. The summed E-state index contributed by atoms with van der Waals surface area (Å²) in [5.41, 5.74) is -0.130. The minimum atomic E-state index is -4.29. The summed E-state index contributed by atoms with van der Waals surface area (Å²) in [5.74, 6) is -0.645. The molecule has 0 aliphatic carbocycles. The Morgan fingerprint density at radius 2 is 1.42 bits per heavy atom. The molecule has 182 valence electrons. The van der Waals surface area contributed by atoms with Crippen molar-refractivity contribution in [2.24, 2.45) is 0 Å². The normalized spacial score (nSPS) is 11.0. The largest absolute Gasteiger partial charge is 0.323 e. The minimum Gasteiger partial charge on any atom is -0.323 e. The summed E-state index contributed by atoms with van der Waals surface area (Å²) in [6.07, 6.45) is 0. The van der Waals surface area contributed by atoms with Crippen LogP contribution in [0.4, 0.5) is 17.1 Å². The van der Waals surface area contributed by atoms with Gasteiger partial charge in [0.25, 0.3) is 15.7 Å². The van der Waals surface area contributed by atoms with E-state index in [1.165, 1.54) is 48.2 Å². The van der Waals surface area contributed by atoms with Crippen LogP contribution < -0.4 is 9.62 Å². The molecule has 36 heavy (non-hydrogen) atoms. The van der Waals surface area contributed by atoms with E-state index in [1.807, 2.05) is 42.5 Å². The number of nitrogens with zero attached hydrogens (tertiary/aromatic N) is 2. The number of benzene rings is 4. The molecule has 0 unspecified atom stereocenters. The predicted octanol–water partition coefficient (Wildman–Crippen LogP) is 5.58. The summed E-state index contributed by atoms with van der Waals surface area (Å²) >= 11 is 1.44. The standard InChI is InChI=1S/C26H21N3O5S2/c30-26(27-22-15-7-10-18-25(22)35-20-11-3-1-4-12-20)19-28(23-16-8-9-17-24(23)29(31)32)36(33,34)21-13-5-2-6-14-21/h1-18H,19H2,(H,27,30). The number of para-hydroxylation sites is 3. The van der Waals surface area contributed by atoms with Crippen LogP contribution >= 0.6 is 11.8 Å². The molecule has 0 spiro atoms. The van der Waals surface area contributed by atoms with Crippen LogP contribution in [0.25, 0.3) is 0 Å². The van der Waals surface area contributed by atoms with Crippen molar-refractivity contribution in [3.8, 4) is 0 Å². The highest BCUT2D eigenvalue weighted by Crippen LogP contribution is 2.34. The maximum atomic E-state index is 13.5. The van der Waals surface area contributed by atoms with Crippen molar-refractivity contribution in [1.29, 1.82) is 0 Å². The van der Waals surface area contributed by atoms with E-state index in [9.17, 15) is 23.3 Å². The number of anilines is 2. The van der Waals surface area contributed by atoms with Gasteiger partial charge in [0.1, 0.15) is 12.2 Å². The van der Waals surface area contributed by atoms with E-state index in [0.717, 1.165) is 14.1 Å². The number of nitro groups is 1. The van der Waals surface area contributed by atoms with E-state index in [0.29, 0.717) is 5.69 Å². The lowest BCUT2D eigenvalue weighted by atomic mass is 10.2. The molecule has 0 saturated carbocycles. The van der Waals surface area contributed by atoms with Gasteiger partial charge in [-0.25, -0.2) is 12.7 Å². The lowest BCUT2D eigenvalue weighted by Gasteiger charge is -2.24. The van der Waals surface area contributed by atoms with Crippen LogP contribution in [0.3, 0.4) is 0 Å². The Labute approximate surface area is 212 Å². The minimum absolute atomic E-state index is 0.0871. The van der Waals surface area contributed by atoms with E-state index >= 15 is 0 Å². The van der Waals surface area contributed by atoms with Crippen molar-refractivity contribution in [2.45, 2.75) is 14.7 Å². The number of nitro benzene ring substituents is 1. The maximum Gasteiger partial charge on any atom is 0.293 e. The number of amides is 1. The van der Waals surface area contributed by atoms with E-state index in [1.54, 1.807) is 30.3 Å². The van der Waals surface area contributed by atoms with Gasteiger partial charge in [0.2, 0.25) is 5.91 Å². The van der Waals surface area contributed by atoms with Gasteiger partial charge in [0, 0.05) is 15.9 Å². The Morgan fingerprint density at radius 1 is 0.833 bits per heavy atom. The first-order valence-electron chi connectivity index (χ1n) is 10.8. The quantitative estimate of drug-likeness (QED) is 0.228. The Morgan fingerprint density at radius 3 is 2.11 bits per heavy atom. The molecule has 0 saturated heterocycles. The predicted molar refractivity (Wildman–Crippen MR) is 140 cm³/mol. The molecule has 0 bridgehead atoms. The average Bonchev–Trinajstić information content (AvgIpc) is 2.89. The summed E-state index contributed by atoms with van der Waals surface area (Å²) < 4.78 is 27.8. The Balaban J connectivity index is 1.67. The molecule has 1 N–H and O–H groups in total. The van der Waals surface area contributed by atoms with Crippen LogP contribution in [0.5, 0.6) is 0 Å². The van der Waals surface area contributed by atoms with Crippen molar-refractivity contribution < 1.29 is 18.1 Å². The molecule has 0 fully saturated rings. The van der Waals surface area contributed by atoms with Gasteiger partial charge in [-0.1, -0.05) is 72.4 Å². The first-order valence-corrected chi connectivity index (χ1v) is 13.0. The van der Waals surface area contributed by atoms with E-state index in [2.05, 4.69) is 5.32 Å². The fraction of sp³-hybridized carbons (Fsp3) is 0.0385. The van der Waals surface area contributed by atoms with Crippen molar-refractivity contribution in [2.75, 3.05) is 16.2 Å². The third-order valence-corrected chi connectivity index (χ3v) is 7.96. The molecule has 8 nitrogen and oxygen atoms in total. The fourth-order valence-corrected chi connectivity index (χ4v) is 5.82. The number of carbonyl (C=O) groups excluding carboxylic acids is 1. The van der Waals surface area contributed by atoms with Crippen LogP contribution in [0.1, 0.15) is 0 Å². The van der Waals surface area contributed by atoms with Gasteiger partial charge in [-0.05, 0) is 42.5 Å². The zero-order valence-electron chi connectivity index (χ0n) is 18.9. The van der Waals surface area contributed by atoms with Crippen molar-refractivity contribution >= 4 is 44.8 Å². The second-order valence-electron chi connectivity index (χ2n) is 7.53. The smallest absolute Gasteiger partial charge is 0.293 e. The third kappa shape index (κ3) is 5.73. The van der Waals surface area contributed by atoms with Crippen LogP contribution in [0.2, 0.25) is 0 Å². The van der Waals surface area contributed by atoms with E-state index < -0.39 is 33.1 Å². The average molecular weight is 520 g/mol. The SMILES string of the molecule is O=C(CN(c1ccccc1[N+](=O)[O-])S(=O)(=O)c1ccccc1)Nc1ccccc1Sc1ccccc1. The highest BCUT2D eigenvalue weighted by atomic mass is 32.2. The summed E-state index contributed by atoms with van der Waals surface area (Å²) in [5, 5.41) is 14.4. The van der Waals surface area contributed by atoms with Crippen LogP contribution in [-0.2, 0) is 14.8 Å². The number of sulfonamides is 1. The lowest BCUT2D eigenvalue weighted by Crippen LogP contribution is -2.38. The molecule has 4 aromatic carbocycles. The van der Waals surface area contributed by atoms with Gasteiger partial charge < -0.3 is 5.32 Å². The van der Waals surface area contributed by atoms with Gasteiger partial charge in [0.05, 0.1) is 15.5 Å². The zero-order chi connectivity index (χ0) is 25.5. The maximum absolute atomic E-state index is 13.5. The first kappa shape index (κ1) is 25.0. The second kappa shape index (κ2) is 11.1. The van der Waals surface area contributed by atoms with Gasteiger partial charge in [-0.2, -0.15) is 0 Å². The molecule has 1 amide bonds. The van der Waals surface area contributed by atoms with Crippen molar-refractivity contribution in [1.82, 2.24) is 0 Å². The second-order valence-corrected chi connectivity index (χ2v) is 10.5. The van der Waals surface area contributed by atoms with E-state index in [-0.39, 0.29) is 10.6 Å². The highest BCUT2D eigenvalue weighted by Gasteiger charge is 2.32. The molecule has 0 radical (unpaired) electrons. The molecular weight excluding hydrogens is 498 g/mol. The molecule has 10 heteroatoms. The Kier molecular flexibility index (Phi) is 7.67. The third-order valence-electron chi connectivity index (χ3n) is 5.10. The number of rotatable bonds is 9.